The van der Waals surface area contributed by atoms with Crippen molar-refractivity contribution in [1.82, 2.24) is 0 Å². The molecular formula is C33H39N3O6. The highest BCUT2D eigenvalue weighted by atomic mass is 16.5. The SMILES string of the molecule is CCOC(=O)C[C@@H](c1ccc2c(c1)OCCN2C(=O)Cc1ccc(NC(=O)Nc2ccccc2C)c(OC)c1)C(C)C. The largest absolute Gasteiger partial charge is 0.495 e. The second kappa shape index (κ2) is 13.9. The highest BCUT2D eigenvalue weighted by molar-refractivity contribution is 6.01. The summed E-state index contributed by atoms with van der Waals surface area (Å²) < 4.78 is 16.6. The van der Waals surface area contributed by atoms with Crippen LogP contribution in [0.1, 0.15) is 49.8 Å². The molecule has 0 fully saturated rings. The normalized spacial score (nSPS) is 13.0. The number of carbonyl (C=O) groups is 3. The van der Waals surface area contributed by atoms with Gasteiger partial charge in [-0.2, -0.15) is 0 Å². The number of fused-ring (bicyclic) bond motifs is 1. The molecule has 9 nitrogen and oxygen atoms in total. The van der Waals surface area contributed by atoms with Crippen LogP contribution in [0.15, 0.2) is 60.7 Å². The first-order valence-electron chi connectivity index (χ1n) is 14.2. The van der Waals surface area contributed by atoms with Crippen LogP contribution < -0.4 is 25.0 Å². The average molecular weight is 574 g/mol. The van der Waals surface area contributed by atoms with Crippen molar-refractivity contribution in [1.29, 1.82) is 0 Å². The molecule has 0 aromatic heterocycles. The molecule has 3 aromatic rings. The maximum atomic E-state index is 13.5. The summed E-state index contributed by atoms with van der Waals surface area (Å²) in [6.07, 6.45) is 0.428. The molecule has 1 aliphatic heterocycles. The summed E-state index contributed by atoms with van der Waals surface area (Å²) in [5.41, 5.74) is 4.59. The quantitative estimate of drug-likeness (QED) is 0.276. The summed E-state index contributed by atoms with van der Waals surface area (Å²) in [5, 5.41) is 5.66. The van der Waals surface area contributed by atoms with Crippen LogP contribution in [0.5, 0.6) is 11.5 Å². The Balaban J connectivity index is 1.46. The van der Waals surface area contributed by atoms with Gasteiger partial charge in [-0.25, -0.2) is 4.79 Å². The summed E-state index contributed by atoms with van der Waals surface area (Å²) in [6.45, 7) is 9.02. The number of methoxy groups -OCH3 is 1. The van der Waals surface area contributed by atoms with Gasteiger partial charge in [-0.3, -0.25) is 9.59 Å². The van der Waals surface area contributed by atoms with E-state index >= 15 is 0 Å². The fourth-order valence-corrected chi connectivity index (χ4v) is 5.07. The van der Waals surface area contributed by atoms with Gasteiger partial charge in [0.2, 0.25) is 5.91 Å². The highest BCUT2D eigenvalue weighted by Crippen LogP contribution is 2.38. The minimum atomic E-state index is -0.391. The monoisotopic (exact) mass is 573 g/mol. The fourth-order valence-electron chi connectivity index (χ4n) is 5.07. The number of aryl methyl sites for hydroxylation is 1. The molecule has 0 aliphatic carbocycles. The van der Waals surface area contributed by atoms with E-state index in [0.717, 1.165) is 16.7 Å². The molecule has 42 heavy (non-hydrogen) atoms. The van der Waals surface area contributed by atoms with E-state index in [4.69, 9.17) is 14.2 Å². The van der Waals surface area contributed by atoms with Crippen LogP contribution in [0.25, 0.3) is 0 Å². The highest BCUT2D eigenvalue weighted by Gasteiger charge is 2.27. The van der Waals surface area contributed by atoms with Crippen molar-refractivity contribution in [3.8, 4) is 11.5 Å². The molecule has 0 radical (unpaired) electrons. The van der Waals surface area contributed by atoms with E-state index in [-0.39, 0.29) is 36.6 Å². The zero-order valence-corrected chi connectivity index (χ0v) is 24.9. The van der Waals surface area contributed by atoms with E-state index in [0.29, 0.717) is 48.3 Å². The van der Waals surface area contributed by atoms with Gasteiger partial charge in [0, 0.05) is 5.69 Å². The number of hydrogen-bond acceptors (Lipinski definition) is 6. The van der Waals surface area contributed by atoms with Crippen molar-refractivity contribution in [2.45, 2.75) is 46.5 Å². The van der Waals surface area contributed by atoms with Crippen molar-refractivity contribution >= 4 is 35.0 Å². The number of nitrogens with zero attached hydrogens (tertiary/aromatic N) is 1. The number of esters is 1. The topological polar surface area (TPSA) is 106 Å². The lowest BCUT2D eigenvalue weighted by molar-refractivity contribution is -0.143. The van der Waals surface area contributed by atoms with Crippen LogP contribution in [0.3, 0.4) is 0 Å². The Morgan fingerprint density at radius 2 is 1.76 bits per heavy atom. The molecular weight excluding hydrogens is 534 g/mol. The first kappa shape index (κ1) is 30.4. The van der Waals surface area contributed by atoms with E-state index in [1.807, 2.05) is 49.4 Å². The van der Waals surface area contributed by atoms with Crippen LogP contribution in [-0.4, -0.2) is 44.8 Å². The molecule has 0 spiro atoms. The van der Waals surface area contributed by atoms with Gasteiger partial charge in [0.25, 0.3) is 0 Å². The number of urea groups is 1. The average Bonchev–Trinajstić information content (AvgIpc) is 2.97. The van der Waals surface area contributed by atoms with Crippen molar-refractivity contribution < 1.29 is 28.6 Å². The molecule has 0 bridgehead atoms. The van der Waals surface area contributed by atoms with Crippen molar-refractivity contribution in [2.24, 2.45) is 5.92 Å². The number of para-hydroxylation sites is 1. The van der Waals surface area contributed by atoms with Gasteiger partial charge >= 0.3 is 12.0 Å². The molecule has 3 amide bonds. The minimum Gasteiger partial charge on any atom is -0.495 e. The van der Waals surface area contributed by atoms with Gasteiger partial charge in [0.05, 0.1) is 44.5 Å². The Kier molecular flexibility index (Phi) is 10.1. The van der Waals surface area contributed by atoms with E-state index in [9.17, 15) is 14.4 Å². The minimum absolute atomic E-state index is 0.0255. The summed E-state index contributed by atoms with van der Waals surface area (Å²) in [7, 11) is 1.52. The number of carbonyl (C=O) groups excluding carboxylic acids is 3. The Labute approximate surface area is 247 Å². The first-order chi connectivity index (χ1) is 20.2. The fraction of sp³-hybridized carbons (Fsp3) is 0.364. The Morgan fingerprint density at radius 3 is 2.48 bits per heavy atom. The molecule has 9 heteroatoms. The van der Waals surface area contributed by atoms with Crippen LogP contribution in [0.2, 0.25) is 0 Å². The maximum absolute atomic E-state index is 13.5. The first-order valence-corrected chi connectivity index (χ1v) is 14.2. The predicted octanol–water partition coefficient (Wildman–Crippen LogP) is 6.31. The van der Waals surface area contributed by atoms with Gasteiger partial charge in [-0.1, -0.05) is 44.2 Å². The number of anilines is 3. The summed E-state index contributed by atoms with van der Waals surface area (Å²) in [6, 6.07) is 18.2. The van der Waals surface area contributed by atoms with Crippen molar-refractivity contribution in [3.63, 3.8) is 0 Å². The zero-order chi connectivity index (χ0) is 30.2. The number of hydrogen-bond donors (Lipinski definition) is 2. The maximum Gasteiger partial charge on any atom is 0.323 e. The second-order valence-electron chi connectivity index (χ2n) is 10.6. The standard InChI is InChI=1S/C33H39N3O6/c1-6-41-32(38)20-25(21(2)3)24-12-14-28-30(19-24)42-16-15-36(28)31(37)18-23-11-13-27(29(17-23)40-5)35-33(39)34-26-10-8-7-9-22(26)4/h7-14,17,19,21,25H,6,15-16,18,20H2,1-5H3,(H2,34,35,39)/t25-/m1/s1. The van der Waals surface area contributed by atoms with Gasteiger partial charge in [0.1, 0.15) is 18.1 Å². The van der Waals surface area contributed by atoms with Crippen LogP contribution >= 0.6 is 0 Å². The lowest BCUT2D eigenvalue weighted by atomic mass is 9.85. The Hall–Kier alpha value is -4.53. The van der Waals surface area contributed by atoms with Gasteiger partial charge < -0.3 is 29.7 Å². The van der Waals surface area contributed by atoms with Gasteiger partial charge in [0.15, 0.2) is 0 Å². The molecule has 3 aromatic carbocycles. The Morgan fingerprint density at radius 1 is 1.00 bits per heavy atom. The molecule has 4 rings (SSSR count). The van der Waals surface area contributed by atoms with E-state index in [1.165, 1.54) is 7.11 Å². The molecule has 0 unspecified atom stereocenters. The number of nitrogens with one attached hydrogen (secondary N) is 2. The lowest BCUT2D eigenvalue weighted by Gasteiger charge is -2.31. The number of ether oxygens (including phenoxy) is 3. The number of amides is 3. The lowest BCUT2D eigenvalue weighted by Crippen LogP contribution is -2.39. The third-order valence-electron chi connectivity index (χ3n) is 7.34. The van der Waals surface area contributed by atoms with E-state index in [1.54, 1.807) is 30.0 Å². The van der Waals surface area contributed by atoms with Crippen LogP contribution in [0.4, 0.5) is 21.9 Å². The molecule has 1 heterocycles. The molecule has 222 valence electrons. The van der Waals surface area contributed by atoms with E-state index < -0.39 is 6.03 Å². The van der Waals surface area contributed by atoms with Crippen LogP contribution in [0, 0.1) is 12.8 Å². The van der Waals surface area contributed by atoms with Gasteiger partial charge in [-0.15, -0.1) is 0 Å². The summed E-state index contributed by atoms with van der Waals surface area (Å²) >= 11 is 0. The van der Waals surface area contributed by atoms with E-state index in [2.05, 4.69) is 24.5 Å². The molecule has 2 N–H and O–H groups in total. The number of rotatable bonds is 10. The summed E-state index contributed by atoms with van der Waals surface area (Å²) in [4.78, 5) is 40.0. The molecule has 0 saturated heterocycles. The third kappa shape index (κ3) is 7.40. The molecule has 0 saturated carbocycles. The molecule has 1 aliphatic rings. The molecule has 1 atom stereocenters. The summed E-state index contributed by atoms with van der Waals surface area (Å²) in [5.74, 6) is 0.957. The van der Waals surface area contributed by atoms with Crippen molar-refractivity contribution in [2.75, 3.05) is 42.4 Å². The van der Waals surface area contributed by atoms with Crippen molar-refractivity contribution in [3.05, 3.63) is 77.4 Å². The third-order valence-corrected chi connectivity index (χ3v) is 7.34. The smallest absolute Gasteiger partial charge is 0.323 e. The Bertz CT molecular complexity index is 1440. The predicted molar refractivity (Wildman–Crippen MR) is 164 cm³/mol. The second-order valence-corrected chi connectivity index (χ2v) is 10.6. The number of benzene rings is 3. The van der Waals surface area contributed by atoms with Crippen LogP contribution in [-0.2, 0) is 20.7 Å². The van der Waals surface area contributed by atoms with Gasteiger partial charge in [-0.05, 0) is 72.7 Å². The zero-order valence-electron chi connectivity index (χ0n) is 24.9.